The molecule has 1 saturated heterocycles. The SMILES string of the molecule is CC(C)(C)OC(=O)C(N)c1cc(C2CCN(c3ncc(Br)c(-c4ccc(C#N)c(F)c4)c3F)CC2)ccc1/C=C/C(=O)O. The molecule has 0 saturated carbocycles. The quantitative estimate of drug-likeness (QED) is 0.219. The number of halogens is 3. The predicted octanol–water partition coefficient (Wildman–Crippen LogP) is 6.48. The molecular weight excluding hydrogens is 622 g/mol. The summed E-state index contributed by atoms with van der Waals surface area (Å²) in [6, 6.07) is 10.0. The van der Waals surface area contributed by atoms with Crippen molar-refractivity contribution in [3.63, 3.8) is 0 Å². The molecule has 4 rings (SSSR count). The highest BCUT2D eigenvalue weighted by atomic mass is 79.9. The molecule has 8 nitrogen and oxygen atoms in total. The number of aromatic nitrogens is 1. The van der Waals surface area contributed by atoms with Crippen molar-refractivity contribution in [2.45, 2.75) is 51.2 Å². The topological polar surface area (TPSA) is 130 Å². The van der Waals surface area contributed by atoms with Gasteiger partial charge in [-0.1, -0.05) is 24.3 Å². The normalized spacial score (nSPS) is 14.9. The number of pyridine rings is 1. The summed E-state index contributed by atoms with van der Waals surface area (Å²) in [7, 11) is 0. The average Bonchev–Trinajstić information content (AvgIpc) is 2.95. The molecule has 0 bridgehead atoms. The Morgan fingerprint density at radius 2 is 1.91 bits per heavy atom. The van der Waals surface area contributed by atoms with E-state index in [0.717, 1.165) is 17.7 Å². The number of nitrogens with two attached hydrogens (primary N) is 1. The molecular formula is C32H31BrF2N4O4. The third kappa shape index (κ3) is 7.45. The minimum atomic E-state index is -1.13. The zero-order valence-corrected chi connectivity index (χ0v) is 25.5. The average molecular weight is 654 g/mol. The molecule has 2 heterocycles. The van der Waals surface area contributed by atoms with Crippen molar-refractivity contribution in [3.8, 4) is 17.2 Å². The highest BCUT2D eigenvalue weighted by Gasteiger charge is 2.29. The zero-order chi connectivity index (χ0) is 31.5. The van der Waals surface area contributed by atoms with Crippen molar-refractivity contribution in [2.75, 3.05) is 18.0 Å². The third-order valence-electron chi connectivity index (χ3n) is 7.11. The van der Waals surface area contributed by atoms with Gasteiger partial charge in [-0.25, -0.2) is 23.4 Å². The van der Waals surface area contributed by atoms with E-state index >= 15 is 4.39 Å². The van der Waals surface area contributed by atoms with Crippen LogP contribution >= 0.6 is 15.9 Å². The summed E-state index contributed by atoms with van der Waals surface area (Å²) in [5.41, 5.74) is 7.73. The third-order valence-corrected chi connectivity index (χ3v) is 7.71. The van der Waals surface area contributed by atoms with Crippen LogP contribution in [-0.2, 0) is 14.3 Å². The van der Waals surface area contributed by atoms with Gasteiger partial charge in [-0.15, -0.1) is 0 Å². The smallest absolute Gasteiger partial charge is 0.328 e. The fourth-order valence-electron chi connectivity index (χ4n) is 5.05. The number of nitriles is 1. The molecule has 0 amide bonds. The van der Waals surface area contributed by atoms with Crippen molar-refractivity contribution in [2.24, 2.45) is 5.73 Å². The van der Waals surface area contributed by atoms with Gasteiger partial charge in [0.25, 0.3) is 0 Å². The van der Waals surface area contributed by atoms with Gasteiger partial charge in [0, 0.05) is 35.4 Å². The van der Waals surface area contributed by atoms with Crippen LogP contribution in [-0.4, -0.2) is 40.7 Å². The minimum Gasteiger partial charge on any atom is -0.478 e. The van der Waals surface area contributed by atoms with Crippen LogP contribution in [0.25, 0.3) is 17.2 Å². The first-order chi connectivity index (χ1) is 20.3. The number of anilines is 1. The standard InChI is InChI=1S/C32H31BrF2N4O4/c1-32(2,3)43-31(42)29(37)23-14-20(5-4-19(23)8-9-26(40)41)18-10-12-39(13-11-18)30-28(35)27(24(33)17-38-30)21-6-7-22(16-36)25(34)15-21/h4-9,14-15,17-18,29H,10-13,37H2,1-3H3,(H,40,41)/b9-8+. The van der Waals surface area contributed by atoms with E-state index in [-0.39, 0.29) is 28.4 Å². The lowest BCUT2D eigenvalue weighted by molar-refractivity contribution is -0.156. The Bertz CT molecular complexity index is 1620. The Hall–Kier alpha value is -4.14. The summed E-state index contributed by atoms with van der Waals surface area (Å²) in [6.07, 6.45) is 5.14. The molecule has 1 unspecified atom stereocenters. The summed E-state index contributed by atoms with van der Waals surface area (Å²) < 4.78 is 36.0. The van der Waals surface area contributed by atoms with Crippen LogP contribution in [0.2, 0.25) is 0 Å². The van der Waals surface area contributed by atoms with E-state index in [2.05, 4.69) is 20.9 Å². The van der Waals surface area contributed by atoms with E-state index in [0.29, 0.717) is 41.5 Å². The maximum Gasteiger partial charge on any atom is 0.328 e. The van der Waals surface area contributed by atoms with Crippen LogP contribution in [0.15, 0.2) is 53.1 Å². The maximum atomic E-state index is 15.8. The number of piperidine rings is 1. The van der Waals surface area contributed by atoms with Crippen molar-refractivity contribution in [1.82, 2.24) is 4.98 Å². The van der Waals surface area contributed by atoms with Crippen LogP contribution in [0.1, 0.15) is 67.8 Å². The monoisotopic (exact) mass is 652 g/mol. The number of hydrogen-bond acceptors (Lipinski definition) is 7. The highest BCUT2D eigenvalue weighted by Crippen LogP contribution is 2.38. The number of ether oxygens (including phenoxy) is 1. The van der Waals surface area contributed by atoms with Gasteiger partial charge in [0.2, 0.25) is 0 Å². The summed E-state index contributed by atoms with van der Waals surface area (Å²) in [5.74, 6) is -2.89. The van der Waals surface area contributed by atoms with Crippen LogP contribution < -0.4 is 10.6 Å². The number of carbonyl (C=O) groups excluding carboxylic acids is 1. The number of carboxylic acids is 1. The second-order valence-corrected chi connectivity index (χ2v) is 12.1. The van der Waals surface area contributed by atoms with E-state index in [1.807, 2.05) is 17.0 Å². The molecule has 2 aromatic carbocycles. The molecule has 1 fully saturated rings. The first-order valence-corrected chi connectivity index (χ1v) is 14.4. The van der Waals surface area contributed by atoms with Crippen molar-refractivity contribution < 1.29 is 28.2 Å². The number of esters is 1. The summed E-state index contributed by atoms with van der Waals surface area (Å²) in [6.45, 7) is 6.17. The van der Waals surface area contributed by atoms with Gasteiger partial charge < -0.3 is 20.5 Å². The van der Waals surface area contributed by atoms with E-state index in [9.17, 15) is 14.0 Å². The first-order valence-electron chi connectivity index (χ1n) is 13.6. The molecule has 1 aliphatic heterocycles. The van der Waals surface area contributed by atoms with Gasteiger partial charge in [0.1, 0.15) is 23.5 Å². The van der Waals surface area contributed by atoms with Gasteiger partial charge in [-0.3, -0.25) is 0 Å². The molecule has 224 valence electrons. The van der Waals surface area contributed by atoms with Gasteiger partial charge in [-0.05, 0) is 95.9 Å². The second kappa shape index (κ2) is 13.0. The molecule has 0 aliphatic carbocycles. The Morgan fingerprint density at radius 3 is 2.51 bits per heavy atom. The highest BCUT2D eigenvalue weighted by molar-refractivity contribution is 9.10. The second-order valence-electron chi connectivity index (χ2n) is 11.3. The molecule has 1 aliphatic rings. The largest absolute Gasteiger partial charge is 0.478 e. The zero-order valence-electron chi connectivity index (χ0n) is 23.9. The first kappa shape index (κ1) is 31.8. The molecule has 0 spiro atoms. The number of benzene rings is 2. The van der Waals surface area contributed by atoms with Gasteiger partial charge in [0.15, 0.2) is 11.6 Å². The number of rotatable bonds is 7. The van der Waals surface area contributed by atoms with Crippen LogP contribution in [0.4, 0.5) is 14.6 Å². The van der Waals surface area contributed by atoms with E-state index in [4.69, 9.17) is 20.8 Å². The lowest BCUT2D eigenvalue weighted by Crippen LogP contribution is -2.34. The fraction of sp³-hybridized carbons (Fsp3) is 0.312. The number of aliphatic carboxylic acids is 1. The van der Waals surface area contributed by atoms with Crippen molar-refractivity contribution in [1.29, 1.82) is 5.26 Å². The number of carboxylic acid groups (broad SMARTS) is 1. The van der Waals surface area contributed by atoms with Crippen molar-refractivity contribution in [3.05, 3.63) is 87.0 Å². The predicted molar refractivity (Wildman–Crippen MR) is 162 cm³/mol. The van der Waals surface area contributed by atoms with E-state index < -0.39 is 35.2 Å². The van der Waals surface area contributed by atoms with Crippen molar-refractivity contribution >= 4 is 39.8 Å². The summed E-state index contributed by atoms with van der Waals surface area (Å²) in [4.78, 5) is 30.1. The minimum absolute atomic E-state index is 0.0592. The summed E-state index contributed by atoms with van der Waals surface area (Å²) in [5, 5.41) is 18.1. The molecule has 3 N–H and O–H groups in total. The van der Waals surface area contributed by atoms with E-state index in [1.54, 1.807) is 32.9 Å². The van der Waals surface area contributed by atoms with Crippen LogP contribution in [0.3, 0.4) is 0 Å². The number of hydrogen-bond donors (Lipinski definition) is 2. The Morgan fingerprint density at radius 1 is 1.21 bits per heavy atom. The number of nitrogens with zero attached hydrogens (tertiary/aromatic N) is 3. The van der Waals surface area contributed by atoms with Gasteiger partial charge >= 0.3 is 11.9 Å². The molecule has 11 heteroatoms. The van der Waals surface area contributed by atoms with Gasteiger partial charge in [0.05, 0.1) is 5.56 Å². The molecule has 1 aromatic heterocycles. The van der Waals surface area contributed by atoms with Crippen LogP contribution in [0, 0.1) is 23.0 Å². The Balaban J connectivity index is 1.58. The van der Waals surface area contributed by atoms with E-state index in [1.165, 1.54) is 24.4 Å². The fourth-order valence-corrected chi connectivity index (χ4v) is 5.55. The number of carbonyl (C=O) groups is 2. The molecule has 0 radical (unpaired) electrons. The lowest BCUT2D eigenvalue weighted by atomic mass is 9.86. The molecule has 3 aromatic rings. The van der Waals surface area contributed by atoms with Gasteiger partial charge in [-0.2, -0.15) is 5.26 Å². The maximum absolute atomic E-state index is 15.8. The Kier molecular flexibility index (Phi) is 9.62. The Labute approximate surface area is 256 Å². The molecule has 1 atom stereocenters. The summed E-state index contributed by atoms with van der Waals surface area (Å²) >= 11 is 3.32. The lowest BCUT2D eigenvalue weighted by Gasteiger charge is -2.34. The molecule has 43 heavy (non-hydrogen) atoms. The van der Waals surface area contributed by atoms with Crippen LogP contribution in [0.5, 0.6) is 0 Å².